The molecule has 102 valence electrons. The lowest BCUT2D eigenvalue weighted by Gasteiger charge is -2.11. The molecular weight excluding hydrogens is 312 g/mol. The van der Waals surface area contributed by atoms with Gasteiger partial charge in [0.05, 0.1) is 4.21 Å². The van der Waals surface area contributed by atoms with E-state index < -0.39 is 0 Å². The van der Waals surface area contributed by atoms with Gasteiger partial charge in [-0.15, -0.1) is 11.3 Å². The van der Waals surface area contributed by atoms with Gasteiger partial charge in [-0.05, 0) is 22.6 Å². The molecule has 1 aliphatic heterocycles. The molecule has 0 unspecified atom stereocenters. The number of benzene rings is 2. The highest BCUT2D eigenvalue weighted by Gasteiger charge is 2.18. The minimum Gasteiger partial charge on any atom is -0.127 e. The Labute approximate surface area is 136 Å². The number of hydrogen-bond acceptors (Lipinski definition) is 3. The summed E-state index contributed by atoms with van der Waals surface area (Å²) in [5, 5.41) is 2.27. The lowest BCUT2D eigenvalue weighted by molar-refractivity contribution is 1.41. The van der Waals surface area contributed by atoms with Crippen LogP contribution >= 0.6 is 34.9 Å². The van der Waals surface area contributed by atoms with Gasteiger partial charge in [-0.2, -0.15) is 0 Å². The second kappa shape index (κ2) is 5.76. The second-order valence-corrected chi connectivity index (χ2v) is 7.97. The Balaban J connectivity index is 1.66. The summed E-state index contributed by atoms with van der Waals surface area (Å²) < 4.78 is 1.40. The minimum absolute atomic E-state index is 1.30. The summed E-state index contributed by atoms with van der Waals surface area (Å²) in [7, 11) is 0. The van der Waals surface area contributed by atoms with Crippen LogP contribution in [0.25, 0.3) is 15.3 Å². The first-order valence-electron chi connectivity index (χ1n) is 6.69. The Bertz CT molecular complexity index is 786. The summed E-state index contributed by atoms with van der Waals surface area (Å²) in [6.07, 6.45) is 0. The van der Waals surface area contributed by atoms with Crippen molar-refractivity contribution in [3.05, 3.63) is 77.7 Å². The first-order chi connectivity index (χ1) is 10.4. The normalized spacial score (nSPS) is 13.6. The summed E-state index contributed by atoms with van der Waals surface area (Å²) in [5.41, 5.74) is 2.61. The van der Waals surface area contributed by atoms with E-state index in [9.17, 15) is 0 Å². The number of rotatable bonds is 2. The van der Waals surface area contributed by atoms with Crippen LogP contribution < -0.4 is 0 Å². The maximum Gasteiger partial charge on any atom is 0.0792 e. The molecule has 0 fully saturated rings. The third-order valence-corrected chi connectivity index (χ3v) is 7.07. The van der Waals surface area contributed by atoms with Gasteiger partial charge in [0.25, 0.3) is 0 Å². The highest BCUT2D eigenvalue weighted by Crippen LogP contribution is 2.51. The number of hydrogen-bond donors (Lipinski definition) is 0. The molecule has 0 saturated carbocycles. The third kappa shape index (κ3) is 2.69. The summed E-state index contributed by atoms with van der Waals surface area (Å²) in [6, 6.07) is 23.5. The smallest absolute Gasteiger partial charge is 0.0792 e. The molecule has 1 aliphatic rings. The van der Waals surface area contributed by atoms with Crippen LogP contribution in [0.3, 0.4) is 0 Å². The van der Waals surface area contributed by atoms with Gasteiger partial charge in [-0.3, -0.25) is 0 Å². The molecule has 3 aromatic rings. The standard InChI is InChI=1S/C18H12S3/c1-3-7-13(8-4-1)15-11-16-18(20-15)21-17(12-19-16)14-9-5-2-6-10-14/h1-12H. The van der Waals surface area contributed by atoms with Gasteiger partial charge in [0.2, 0.25) is 0 Å². The molecule has 0 spiro atoms. The molecule has 3 heteroatoms. The summed E-state index contributed by atoms with van der Waals surface area (Å²) in [6.45, 7) is 0. The topological polar surface area (TPSA) is 0 Å². The van der Waals surface area contributed by atoms with E-state index in [0.717, 1.165) is 0 Å². The van der Waals surface area contributed by atoms with Gasteiger partial charge < -0.3 is 0 Å². The van der Waals surface area contributed by atoms with Crippen LogP contribution in [0.5, 0.6) is 0 Å². The van der Waals surface area contributed by atoms with E-state index in [1.165, 1.54) is 30.0 Å². The Kier molecular flexibility index (Phi) is 3.63. The van der Waals surface area contributed by atoms with Gasteiger partial charge >= 0.3 is 0 Å². The lowest BCUT2D eigenvalue weighted by atomic mass is 10.2. The van der Waals surface area contributed by atoms with Gasteiger partial charge in [0.1, 0.15) is 0 Å². The van der Waals surface area contributed by atoms with Crippen molar-refractivity contribution >= 4 is 39.8 Å². The van der Waals surface area contributed by atoms with E-state index in [1.807, 2.05) is 34.9 Å². The first-order valence-corrected chi connectivity index (χ1v) is 9.21. The van der Waals surface area contributed by atoms with Crippen LogP contribution in [0.2, 0.25) is 0 Å². The number of thiophene rings is 1. The average molecular weight is 324 g/mol. The van der Waals surface area contributed by atoms with Crippen molar-refractivity contribution in [2.75, 3.05) is 0 Å². The summed E-state index contributed by atoms with van der Waals surface area (Å²) >= 11 is 5.61. The summed E-state index contributed by atoms with van der Waals surface area (Å²) in [4.78, 5) is 4.07. The van der Waals surface area contributed by atoms with Crippen molar-refractivity contribution in [1.82, 2.24) is 0 Å². The van der Waals surface area contributed by atoms with Crippen LogP contribution in [-0.4, -0.2) is 0 Å². The Morgan fingerprint density at radius 1 is 0.714 bits per heavy atom. The van der Waals surface area contributed by atoms with Gasteiger partial charge in [-0.1, -0.05) is 84.2 Å². The molecule has 2 heterocycles. The fourth-order valence-electron chi connectivity index (χ4n) is 2.23. The van der Waals surface area contributed by atoms with Crippen molar-refractivity contribution < 1.29 is 0 Å². The zero-order valence-corrected chi connectivity index (χ0v) is 13.6. The Morgan fingerprint density at radius 2 is 1.38 bits per heavy atom. The van der Waals surface area contributed by atoms with E-state index in [0.29, 0.717) is 0 Å². The largest absolute Gasteiger partial charge is 0.127 e. The Morgan fingerprint density at radius 3 is 2.10 bits per heavy atom. The minimum atomic E-state index is 1.30. The number of fused-ring (bicyclic) bond motifs is 1. The fraction of sp³-hybridized carbons (Fsp3) is 0. The van der Waals surface area contributed by atoms with Crippen molar-refractivity contribution in [2.24, 2.45) is 0 Å². The molecular formula is C18H12S3. The molecule has 0 nitrogen and oxygen atoms in total. The highest BCUT2D eigenvalue weighted by molar-refractivity contribution is 8.14. The van der Waals surface area contributed by atoms with Crippen molar-refractivity contribution in [2.45, 2.75) is 9.10 Å². The maximum absolute atomic E-state index is 2.31. The lowest BCUT2D eigenvalue weighted by Crippen LogP contribution is -1.82. The second-order valence-electron chi connectivity index (χ2n) is 4.70. The molecule has 0 radical (unpaired) electrons. The molecule has 4 rings (SSSR count). The van der Waals surface area contributed by atoms with Crippen LogP contribution in [0.4, 0.5) is 0 Å². The van der Waals surface area contributed by atoms with Crippen molar-refractivity contribution in [1.29, 1.82) is 0 Å². The predicted octanol–water partition coefficient (Wildman–Crippen LogP) is 6.61. The van der Waals surface area contributed by atoms with E-state index in [2.05, 4.69) is 72.1 Å². The van der Waals surface area contributed by atoms with E-state index in [1.54, 1.807) is 0 Å². The van der Waals surface area contributed by atoms with Gasteiger partial charge in [0.15, 0.2) is 0 Å². The molecule has 0 aliphatic carbocycles. The maximum atomic E-state index is 2.31. The number of thioether (sulfide) groups is 2. The molecule has 0 saturated heterocycles. The zero-order valence-electron chi connectivity index (χ0n) is 11.2. The van der Waals surface area contributed by atoms with Gasteiger partial charge in [-0.25, -0.2) is 0 Å². The quantitative estimate of drug-likeness (QED) is 0.520. The van der Waals surface area contributed by atoms with Crippen LogP contribution in [-0.2, 0) is 0 Å². The molecule has 1 aromatic heterocycles. The highest BCUT2D eigenvalue weighted by atomic mass is 32.2. The first kappa shape index (κ1) is 13.3. The molecule has 2 aromatic carbocycles. The van der Waals surface area contributed by atoms with Crippen LogP contribution in [0.1, 0.15) is 5.56 Å². The van der Waals surface area contributed by atoms with E-state index in [4.69, 9.17) is 0 Å². The molecule has 0 amide bonds. The molecule has 0 bridgehead atoms. The van der Waals surface area contributed by atoms with Crippen LogP contribution in [0, 0.1) is 0 Å². The van der Waals surface area contributed by atoms with Crippen molar-refractivity contribution in [3.63, 3.8) is 0 Å². The third-order valence-electron chi connectivity index (χ3n) is 3.28. The summed E-state index contributed by atoms with van der Waals surface area (Å²) in [5.74, 6) is 0. The average Bonchev–Trinajstić information content (AvgIpc) is 2.99. The van der Waals surface area contributed by atoms with E-state index in [-0.39, 0.29) is 0 Å². The molecule has 0 N–H and O–H groups in total. The van der Waals surface area contributed by atoms with E-state index >= 15 is 0 Å². The Hall–Kier alpha value is -1.42. The monoisotopic (exact) mass is 324 g/mol. The molecule has 0 atom stereocenters. The van der Waals surface area contributed by atoms with Gasteiger partial charge in [0, 0.05) is 14.7 Å². The van der Waals surface area contributed by atoms with Crippen LogP contribution in [0.15, 0.2) is 81.2 Å². The zero-order chi connectivity index (χ0) is 14.1. The SMILES string of the molecule is C1=C(c2ccccc2)Sc2sc(-c3ccccc3)cc2S1. The fourth-order valence-corrected chi connectivity index (χ4v) is 5.94. The molecule has 21 heavy (non-hydrogen) atoms. The predicted molar refractivity (Wildman–Crippen MR) is 95.9 cm³/mol. The van der Waals surface area contributed by atoms with Crippen molar-refractivity contribution in [3.8, 4) is 10.4 Å².